The Labute approximate surface area is 170 Å². The van der Waals surface area contributed by atoms with Crippen LogP contribution in [0.5, 0.6) is 5.75 Å². The number of ether oxygens (including phenoxy) is 1. The van der Waals surface area contributed by atoms with Gasteiger partial charge in [-0.15, -0.1) is 0 Å². The Balaban J connectivity index is 1.61. The number of hydrogen-bond acceptors (Lipinski definition) is 4. The maximum atomic E-state index is 13.2. The molecule has 1 N–H and O–H groups in total. The van der Waals surface area contributed by atoms with Gasteiger partial charge in [-0.1, -0.05) is 18.2 Å². The van der Waals surface area contributed by atoms with Crippen LogP contribution in [-0.2, 0) is 6.18 Å². The van der Waals surface area contributed by atoms with Crippen molar-refractivity contribution in [1.82, 2.24) is 4.90 Å². The maximum Gasteiger partial charge on any atom is 0.418 e. The number of hydrogen-bond donors (Lipinski definition) is 1. The molecule has 0 bridgehead atoms. The van der Waals surface area contributed by atoms with Gasteiger partial charge in [-0.25, -0.2) is 0 Å². The van der Waals surface area contributed by atoms with Crippen molar-refractivity contribution in [1.29, 1.82) is 0 Å². The van der Waals surface area contributed by atoms with Crippen LogP contribution in [0.2, 0.25) is 0 Å². The lowest BCUT2D eigenvalue weighted by molar-refractivity contribution is -0.137. The third-order valence-electron chi connectivity index (χ3n) is 4.91. The summed E-state index contributed by atoms with van der Waals surface area (Å²) in [5, 5.41) is 10.5. The van der Waals surface area contributed by atoms with E-state index in [-0.39, 0.29) is 5.69 Å². The molecule has 4 nitrogen and oxygen atoms in total. The third-order valence-corrected chi connectivity index (χ3v) is 5.53. The van der Waals surface area contributed by atoms with Crippen molar-refractivity contribution in [3.8, 4) is 5.75 Å². The predicted molar refractivity (Wildman–Crippen MR) is 106 cm³/mol. The van der Waals surface area contributed by atoms with E-state index in [1.165, 1.54) is 12.1 Å². The summed E-state index contributed by atoms with van der Waals surface area (Å²) in [5.41, 5.74) is 0.373. The van der Waals surface area contributed by atoms with Crippen LogP contribution >= 0.6 is 15.9 Å². The molecule has 0 spiro atoms. The van der Waals surface area contributed by atoms with Crippen LogP contribution in [0.3, 0.4) is 0 Å². The Kier molecular flexibility index (Phi) is 6.52. The number of β-amino-alcohol motifs (C(OH)–C–C–N with tert-alkyl or cyclic N) is 1. The number of alkyl halides is 3. The number of halogens is 4. The van der Waals surface area contributed by atoms with Crippen LogP contribution in [-0.4, -0.2) is 49.8 Å². The number of anilines is 1. The molecule has 0 saturated carbocycles. The number of para-hydroxylation sites is 1. The predicted octanol–water partition coefficient (Wildman–Crippen LogP) is 4.33. The van der Waals surface area contributed by atoms with Gasteiger partial charge < -0.3 is 14.7 Å². The summed E-state index contributed by atoms with van der Waals surface area (Å²) in [6.45, 7) is 2.55. The zero-order chi connectivity index (χ0) is 20.3. The minimum Gasteiger partial charge on any atom is -0.496 e. The Morgan fingerprint density at radius 2 is 1.79 bits per heavy atom. The average Bonchev–Trinajstić information content (AvgIpc) is 2.68. The van der Waals surface area contributed by atoms with E-state index in [0.29, 0.717) is 38.5 Å². The molecule has 1 saturated heterocycles. The maximum absolute atomic E-state index is 13.2. The molecular weight excluding hydrogens is 437 g/mol. The van der Waals surface area contributed by atoms with Crippen LogP contribution in [0.15, 0.2) is 46.9 Å². The number of aliphatic hydroxyl groups excluding tert-OH is 1. The number of methoxy groups -OCH3 is 1. The molecule has 1 unspecified atom stereocenters. The molecule has 1 heterocycles. The lowest BCUT2D eigenvalue weighted by Gasteiger charge is -2.37. The van der Waals surface area contributed by atoms with E-state index in [1.54, 1.807) is 24.1 Å². The molecule has 0 aliphatic carbocycles. The Morgan fingerprint density at radius 3 is 2.39 bits per heavy atom. The Hall–Kier alpha value is -1.77. The zero-order valence-electron chi connectivity index (χ0n) is 15.4. The van der Waals surface area contributed by atoms with Crippen LogP contribution in [0.4, 0.5) is 18.9 Å². The molecule has 8 heteroatoms. The van der Waals surface area contributed by atoms with E-state index in [1.807, 2.05) is 12.1 Å². The second-order valence-corrected chi connectivity index (χ2v) is 7.57. The molecule has 28 heavy (non-hydrogen) atoms. The molecule has 2 aromatic carbocycles. The van der Waals surface area contributed by atoms with Crippen molar-refractivity contribution >= 4 is 21.6 Å². The van der Waals surface area contributed by atoms with E-state index >= 15 is 0 Å². The number of benzene rings is 2. The monoisotopic (exact) mass is 458 g/mol. The normalized spacial score (nSPS) is 16.9. The number of nitrogens with zero attached hydrogens (tertiary/aromatic N) is 2. The van der Waals surface area contributed by atoms with Gasteiger partial charge in [0, 0.05) is 38.4 Å². The fourth-order valence-electron chi connectivity index (χ4n) is 3.40. The highest BCUT2D eigenvalue weighted by Gasteiger charge is 2.35. The fourth-order valence-corrected chi connectivity index (χ4v) is 3.96. The summed E-state index contributed by atoms with van der Waals surface area (Å²) >= 11 is 3.41. The van der Waals surface area contributed by atoms with E-state index in [2.05, 4.69) is 20.8 Å². The summed E-state index contributed by atoms with van der Waals surface area (Å²) < 4.78 is 45.7. The third kappa shape index (κ3) is 4.79. The highest BCUT2D eigenvalue weighted by Crippen LogP contribution is 2.36. The van der Waals surface area contributed by atoms with Crippen LogP contribution < -0.4 is 9.64 Å². The summed E-state index contributed by atoms with van der Waals surface area (Å²) in [4.78, 5) is 3.82. The lowest BCUT2D eigenvalue weighted by Crippen LogP contribution is -2.48. The number of rotatable bonds is 5. The molecule has 1 aliphatic rings. The van der Waals surface area contributed by atoms with E-state index < -0.39 is 17.8 Å². The van der Waals surface area contributed by atoms with Crippen molar-refractivity contribution in [2.75, 3.05) is 44.7 Å². The van der Waals surface area contributed by atoms with Gasteiger partial charge in [-0.05, 0) is 45.8 Å². The van der Waals surface area contributed by atoms with Gasteiger partial charge in [-0.2, -0.15) is 13.2 Å². The summed E-state index contributed by atoms with van der Waals surface area (Å²) in [6.07, 6.45) is -5.05. The number of aliphatic hydroxyl groups is 1. The van der Waals surface area contributed by atoms with Crippen molar-refractivity contribution in [3.63, 3.8) is 0 Å². The molecule has 152 valence electrons. The summed E-state index contributed by atoms with van der Waals surface area (Å²) in [6, 6.07) is 11.1. The summed E-state index contributed by atoms with van der Waals surface area (Å²) in [7, 11) is 1.58. The first kappa shape index (κ1) is 21.0. The van der Waals surface area contributed by atoms with Crippen molar-refractivity contribution in [3.05, 3.63) is 58.1 Å². The second kappa shape index (κ2) is 8.71. The van der Waals surface area contributed by atoms with Gasteiger partial charge >= 0.3 is 6.18 Å². The first-order valence-electron chi connectivity index (χ1n) is 8.94. The average molecular weight is 459 g/mol. The van der Waals surface area contributed by atoms with E-state index in [0.717, 1.165) is 16.1 Å². The minimum absolute atomic E-state index is 0.217. The van der Waals surface area contributed by atoms with Gasteiger partial charge in [0.05, 0.1) is 23.2 Å². The second-order valence-electron chi connectivity index (χ2n) is 6.71. The zero-order valence-corrected chi connectivity index (χ0v) is 17.0. The van der Waals surface area contributed by atoms with E-state index in [9.17, 15) is 18.3 Å². The Bertz CT molecular complexity index is 808. The molecule has 0 radical (unpaired) electrons. The van der Waals surface area contributed by atoms with Gasteiger partial charge in [-0.3, -0.25) is 4.90 Å². The topological polar surface area (TPSA) is 35.9 Å². The highest BCUT2D eigenvalue weighted by molar-refractivity contribution is 9.10. The lowest BCUT2D eigenvalue weighted by atomic mass is 10.1. The molecule has 1 atom stereocenters. The fraction of sp³-hybridized carbons (Fsp3) is 0.400. The quantitative estimate of drug-likeness (QED) is 0.723. The van der Waals surface area contributed by atoms with Crippen LogP contribution in [0.25, 0.3) is 0 Å². The molecule has 0 amide bonds. The standard InChI is InChI=1S/C20H22BrF3N2O2/c1-28-19-7-6-14(12-16(19)21)18(27)13-25-8-10-26(11-9-25)17-5-3-2-4-15(17)20(22,23)24/h2-7,12,18,27H,8-11,13H2,1H3. The van der Waals surface area contributed by atoms with Crippen molar-refractivity contribution in [2.24, 2.45) is 0 Å². The molecular formula is C20H22BrF3N2O2. The first-order valence-corrected chi connectivity index (χ1v) is 9.74. The smallest absolute Gasteiger partial charge is 0.418 e. The van der Waals surface area contributed by atoms with Gasteiger partial charge in [0.15, 0.2) is 0 Å². The largest absolute Gasteiger partial charge is 0.496 e. The SMILES string of the molecule is COc1ccc(C(O)CN2CCN(c3ccccc3C(F)(F)F)CC2)cc1Br. The molecule has 2 aromatic rings. The minimum atomic E-state index is -4.37. The van der Waals surface area contributed by atoms with Gasteiger partial charge in [0.2, 0.25) is 0 Å². The van der Waals surface area contributed by atoms with Gasteiger partial charge in [0.1, 0.15) is 5.75 Å². The van der Waals surface area contributed by atoms with Crippen LogP contribution in [0.1, 0.15) is 17.2 Å². The van der Waals surface area contributed by atoms with Crippen molar-refractivity contribution in [2.45, 2.75) is 12.3 Å². The number of piperazine rings is 1. The first-order chi connectivity index (χ1) is 13.3. The van der Waals surface area contributed by atoms with E-state index in [4.69, 9.17) is 4.74 Å². The molecule has 1 fully saturated rings. The Morgan fingerprint density at radius 1 is 1.11 bits per heavy atom. The van der Waals surface area contributed by atoms with Crippen molar-refractivity contribution < 1.29 is 23.0 Å². The molecule has 0 aromatic heterocycles. The summed E-state index contributed by atoms with van der Waals surface area (Å²) in [5.74, 6) is 0.688. The molecule has 1 aliphatic heterocycles. The van der Waals surface area contributed by atoms with Gasteiger partial charge in [0.25, 0.3) is 0 Å². The van der Waals surface area contributed by atoms with Crippen LogP contribution in [0, 0.1) is 0 Å². The molecule has 3 rings (SSSR count). The highest BCUT2D eigenvalue weighted by atomic mass is 79.9.